The molecule has 5 nitrogen and oxygen atoms in total. The van der Waals surface area contributed by atoms with Crippen molar-refractivity contribution < 1.29 is 4.74 Å². The Morgan fingerprint density at radius 2 is 2.20 bits per heavy atom. The van der Waals surface area contributed by atoms with E-state index < -0.39 is 0 Å². The minimum atomic E-state index is 0.833. The normalized spacial score (nSPS) is 11.3. The second-order valence-electron chi connectivity index (χ2n) is 5.07. The van der Waals surface area contributed by atoms with Crippen molar-refractivity contribution >= 4 is 11.0 Å². The SMILES string of the molecule is CCCOCCCNCc1cnc2c(c1)c(C)nn2C. The van der Waals surface area contributed by atoms with Crippen molar-refractivity contribution in [2.24, 2.45) is 7.05 Å². The first-order valence-corrected chi connectivity index (χ1v) is 7.29. The van der Waals surface area contributed by atoms with Crippen LogP contribution < -0.4 is 5.32 Å². The van der Waals surface area contributed by atoms with Crippen molar-refractivity contribution in [2.45, 2.75) is 33.2 Å². The lowest BCUT2D eigenvalue weighted by molar-refractivity contribution is 0.132. The van der Waals surface area contributed by atoms with Crippen molar-refractivity contribution in [3.8, 4) is 0 Å². The first-order valence-electron chi connectivity index (χ1n) is 7.29. The van der Waals surface area contributed by atoms with Crippen LogP contribution in [0.2, 0.25) is 0 Å². The highest BCUT2D eigenvalue weighted by Gasteiger charge is 2.06. The van der Waals surface area contributed by atoms with E-state index in [2.05, 4.69) is 28.4 Å². The van der Waals surface area contributed by atoms with Gasteiger partial charge in [-0.1, -0.05) is 6.92 Å². The smallest absolute Gasteiger partial charge is 0.157 e. The predicted molar refractivity (Wildman–Crippen MR) is 80.7 cm³/mol. The van der Waals surface area contributed by atoms with E-state index in [9.17, 15) is 0 Å². The number of hydrogen-bond acceptors (Lipinski definition) is 4. The molecule has 20 heavy (non-hydrogen) atoms. The summed E-state index contributed by atoms with van der Waals surface area (Å²) in [6, 6.07) is 2.17. The minimum absolute atomic E-state index is 0.833. The molecule has 0 saturated carbocycles. The van der Waals surface area contributed by atoms with Crippen LogP contribution in [0, 0.1) is 6.92 Å². The maximum atomic E-state index is 5.45. The van der Waals surface area contributed by atoms with Crippen LogP contribution in [-0.2, 0) is 18.3 Å². The molecule has 0 atom stereocenters. The fourth-order valence-electron chi connectivity index (χ4n) is 2.23. The molecule has 0 aromatic carbocycles. The number of pyridine rings is 1. The summed E-state index contributed by atoms with van der Waals surface area (Å²) in [5, 5.41) is 8.95. The van der Waals surface area contributed by atoms with Crippen molar-refractivity contribution in [1.29, 1.82) is 0 Å². The predicted octanol–water partition coefficient (Wildman–Crippen LogP) is 2.18. The topological polar surface area (TPSA) is 52.0 Å². The zero-order valence-electron chi connectivity index (χ0n) is 12.6. The molecule has 2 aromatic heterocycles. The Morgan fingerprint density at radius 3 is 3.00 bits per heavy atom. The van der Waals surface area contributed by atoms with Crippen LogP contribution in [0.5, 0.6) is 0 Å². The highest BCUT2D eigenvalue weighted by molar-refractivity contribution is 5.78. The van der Waals surface area contributed by atoms with Crippen molar-refractivity contribution in [3.63, 3.8) is 0 Å². The van der Waals surface area contributed by atoms with Crippen molar-refractivity contribution in [1.82, 2.24) is 20.1 Å². The quantitative estimate of drug-likeness (QED) is 0.751. The van der Waals surface area contributed by atoms with Crippen LogP contribution >= 0.6 is 0 Å². The van der Waals surface area contributed by atoms with Crippen LogP contribution in [0.25, 0.3) is 11.0 Å². The Bertz CT molecular complexity index is 550. The van der Waals surface area contributed by atoms with E-state index >= 15 is 0 Å². The van der Waals surface area contributed by atoms with Gasteiger partial charge in [0, 0.05) is 38.4 Å². The first-order chi connectivity index (χ1) is 9.72. The summed E-state index contributed by atoms with van der Waals surface area (Å²) in [5.74, 6) is 0. The molecule has 0 aliphatic heterocycles. The molecule has 1 N–H and O–H groups in total. The molecule has 0 spiro atoms. The Kier molecular flexibility index (Phi) is 5.49. The largest absolute Gasteiger partial charge is 0.381 e. The van der Waals surface area contributed by atoms with Crippen LogP contribution in [-0.4, -0.2) is 34.5 Å². The van der Waals surface area contributed by atoms with E-state index in [-0.39, 0.29) is 0 Å². The average molecular weight is 276 g/mol. The summed E-state index contributed by atoms with van der Waals surface area (Å²) in [6.45, 7) is 7.65. The van der Waals surface area contributed by atoms with Gasteiger partial charge in [0.1, 0.15) is 0 Å². The Balaban J connectivity index is 1.80. The molecule has 0 amide bonds. The first kappa shape index (κ1) is 14.9. The number of ether oxygens (including phenoxy) is 1. The molecular formula is C15H24N4O. The summed E-state index contributed by atoms with van der Waals surface area (Å²) >= 11 is 0. The number of rotatable bonds is 8. The second-order valence-corrected chi connectivity index (χ2v) is 5.07. The summed E-state index contributed by atoms with van der Waals surface area (Å²) in [7, 11) is 1.93. The van der Waals surface area contributed by atoms with E-state index in [0.29, 0.717) is 0 Å². The zero-order valence-corrected chi connectivity index (χ0v) is 12.6. The maximum Gasteiger partial charge on any atom is 0.157 e. The number of hydrogen-bond donors (Lipinski definition) is 1. The molecule has 0 aliphatic carbocycles. The Morgan fingerprint density at radius 1 is 1.35 bits per heavy atom. The highest BCUT2D eigenvalue weighted by Crippen LogP contribution is 2.16. The fourth-order valence-corrected chi connectivity index (χ4v) is 2.23. The average Bonchev–Trinajstić information content (AvgIpc) is 2.73. The molecule has 2 heterocycles. The third-order valence-electron chi connectivity index (χ3n) is 3.24. The number of fused-ring (bicyclic) bond motifs is 1. The summed E-state index contributed by atoms with van der Waals surface area (Å²) < 4.78 is 7.27. The third kappa shape index (κ3) is 3.77. The van der Waals surface area contributed by atoms with E-state index in [4.69, 9.17) is 4.74 Å². The molecule has 0 unspecified atom stereocenters. The van der Waals surface area contributed by atoms with Gasteiger partial charge in [0.2, 0.25) is 0 Å². The second kappa shape index (κ2) is 7.36. The van der Waals surface area contributed by atoms with Crippen molar-refractivity contribution in [3.05, 3.63) is 23.5 Å². The van der Waals surface area contributed by atoms with Gasteiger partial charge in [-0.25, -0.2) is 4.98 Å². The summed E-state index contributed by atoms with van der Waals surface area (Å²) in [4.78, 5) is 4.48. The number of aryl methyl sites for hydroxylation is 2. The standard InChI is InChI=1S/C15H24N4O/c1-4-7-20-8-5-6-16-10-13-9-14-12(2)18-19(3)15(14)17-11-13/h9,11,16H,4-8,10H2,1-3H3. The maximum absolute atomic E-state index is 5.45. The minimum Gasteiger partial charge on any atom is -0.381 e. The number of nitrogens with zero attached hydrogens (tertiary/aromatic N) is 3. The molecule has 0 radical (unpaired) electrons. The number of nitrogens with one attached hydrogen (secondary N) is 1. The van der Waals surface area contributed by atoms with Crippen LogP contribution in [0.4, 0.5) is 0 Å². The summed E-state index contributed by atoms with van der Waals surface area (Å²) in [5.41, 5.74) is 3.17. The van der Waals surface area contributed by atoms with Gasteiger partial charge in [0.25, 0.3) is 0 Å². The van der Waals surface area contributed by atoms with Gasteiger partial charge in [0.15, 0.2) is 5.65 Å². The zero-order chi connectivity index (χ0) is 14.4. The van der Waals surface area contributed by atoms with Crippen LogP contribution in [0.1, 0.15) is 31.0 Å². The third-order valence-corrected chi connectivity index (χ3v) is 3.24. The summed E-state index contributed by atoms with van der Waals surface area (Å²) in [6.07, 6.45) is 4.05. The van der Waals surface area contributed by atoms with Crippen molar-refractivity contribution in [2.75, 3.05) is 19.8 Å². The van der Waals surface area contributed by atoms with Crippen LogP contribution in [0.3, 0.4) is 0 Å². The molecule has 0 aliphatic rings. The van der Waals surface area contributed by atoms with E-state index in [0.717, 1.165) is 55.9 Å². The lowest BCUT2D eigenvalue weighted by Crippen LogP contribution is -2.16. The lowest BCUT2D eigenvalue weighted by atomic mass is 10.2. The van der Waals surface area contributed by atoms with Gasteiger partial charge >= 0.3 is 0 Å². The molecular weight excluding hydrogens is 252 g/mol. The number of aromatic nitrogens is 3. The molecule has 2 rings (SSSR count). The molecule has 2 aromatic rings. The van der Waals surface area contributed by atoms with E-state index in [1.54, 1.807) is 0 Å². The fraction of sp³-hybridized carbons (Fsp3) is 0.600. The lowest BCUT2D eigenvalue weighted by Gasteiger charge is -2.05. The van der Waals surface area contributed by atoms with Gasteiger partial charge in [-0.3, -0.25) is 4.68 Å². The van der Waals surface area contributed by atoms with E-state index in [1.807, 2.05) is 24.9 Å². The van der Waals surface area contributed by atoms with Gasteiger partial charge in [-0.05, 0) is 37.9 Å². The molecule has 0 fully saturated rings. The van der Waals surface area contributed by atoms with E-state index in [1.165, 1.54) is 5.56 Å². The van der Waals surface area contributed by atoms with Gasteiger partial charge in [-0.15, -0.1) is 0 Å². The molecule has 0 saturated heterocycles. The molecule has 110 valence electrons. The molecule has 5 heteroatoms. The highest BCUT2D eigenvalue weighted by atomic mass is 16.5. The Hall–Kier alpha value is -1.46. The molecule has 0 bridgehead atoms. The van der Waals surface area contributed by atoms with Gasteiger partial charge in [0.05, 0.1) is 5.69 Å². The monoisotopic (exact) mass is 276 g/mol. The van der Waals surface area contributed by atoms with Crippen LogP contribution in [0.15, 0.2) is 12.3 Å². The van der Waals surface area contributed by atoms with Gasteiger partial charge < -0.3 is 10.1 Å². The Labute approximate surface area is 120 Å². The van der Waals surface area contributed by atoms with Gasteiger partial charge in [-0.2, -0.15) is 5.10 Å².